The van der Waals surface area contributed by atoms with E-state index < -0.39 is 0 Å². The number of benzene rings is 2. The van der Waals surface area contributed by atoms with Gasteiger partial charge < -0.3 is 9.47 Å². The zero-order valence-electron chi connectivity index (χ0n) is 15.1. The lowest BCUT2D eigenvalue weighted by Gasteiger charge is -2.63. The minimum absolute atomic E-state index is 0.206. The van der Waals surface area contributed by atoms with Gasteiger partial charge in [0.2, 0.25) is 0 Å². The number of rotatable bonds is 1. The van der Waals surface area contributed by atoms with Crippen molar-refractivity contribution in [1.29, 1.82) is 0 Å². The van der Waals surface area contributed by atoms with Crippen molar-refractivity contribution in [3.05, 3.63) is 65.7 Å². The number of para-hydroxylation sites is 1. The second-order valence-electron chi connectivity index (χ2n) is 8.30. The monoisotopic (exact) mass is 347 g/mol. The Morgan fingerprint density at radius 1 is 0.962 bits per heavy atom. The second kappa shape index (κ2) is 5.34. The lowest BCUT2D eigenvalue weighted by molar-refractivity contribution is -0.281. The van der Waals surface area contributed by atoms with Gasteiger partial charge in [-0.1, -0.05) is 55.0 Å². The zero-order valence-corrected chi connectivity index (χ0v) is 15.1. The Morgan fingerprint density at radius 3 is 2.73 bits per heavy atom. The van der Waals surface area contributed by atoms with Crippen LogP contribution in [0.3, 0.4) is 0 Å². The van der Waals surface area contributed by atoms with Crippen LogP contribution in [0.5, 0.6) is 5.75 Å². The number of hydrogen-bond acceptors (Lipinski definition) is 3. The first-order valence-electron chi connectivity index (χ1n) is 10.1. The van der Waals surface area contributed by atoms with Crippen LogP contribution in [0.25, 0.3) is 0 Å². The molecule has 0 amide bonds. The zero-order chi connectivity index (χ0) is 17.2. The number of piperidine rings is 1. The molecule has 26 heavy (non-hydrogen) atoms. The summed E-state index contributed by atoms with van der Waals surface area (Å²) in [4.78, 5) is 2.60. The third-order valence-corrected chi connectivity index (χ3v) is 7.23. The van der Waals surface area contributed by atoms with Crippen molar-refractivity contribution in [2.24, 2.45) is 5.92 Å². The molecule has 0 N–H and O–H groups in total. The molecule has 3 heterocycles. The SMILES string of the molecule is c1ccc([C@@H]2C[C@]34OCCN3[C@@]3(CCCC[C@H]23)Oc2ccccc24)cc1. The van der Waals surface area contributed by atoms with Crippen LogP contribution in [0.4, 0.5) is 0 Å². The minimum Gasteiger partial charge on any atom is -0.472 e. The highest BCUT2D eigenvalue weighted by Gasteiger charge is 2.67. The lowest BCUT2D eigenvalue weighted by atomic mass is 9.62. The number of ether oxygens (including phenoxy) is 2. The van der Waals surface area contributed by atoms with Crippen molar-refractivity contribution in [3.8, 4) is 5.75 Å². The molecule has 2 aromatic carbocycles. The second-order valence-corrected chi connectivity index (χ2v) is 8.30. The average molecular weight is 347 g/mol. The van der Waals surface area contributed by atoms with Crippen LogP contribution in [-0.2, 0) is 10.5 Å². The molecular weight excluding hydrogens is 322 g/mol. The fraction of sp³-hybridized carbons (Fsp3) is 0.478. The standard InChI is InChI=1S/C23H25NO2/c1-2-8-17(9-3-1)18-16-23-20-11-4-5-12-21(20)26-22(24(23)14-15-25-23)13-7-6-10-19(18)22/h1-5,8-9,11-12,18-19H,6-7,10,13-16H2/t18-,19+,22-,23+/m0/s1. The third kappa shape index (κ3) is 1.80. The first kappa shape index (κ1) is 15.2. The highest BCUT2D eigenvalue weighted by atomic mass is 16.6. The van der Waals surface area contributed by atoms with E-state index >= 15 is 0 Å². The molecule has 0 unspecified atom stereocenters. The van der Waals surface area contributed by atoms with Crippen LogP contribution in [-0.4, -0.2) is 23.8 Å². The highest BCUT2D eigenvalue weighted by molar-refractivity contribution is 5.44. The van der Waals surface area contributed by atoms with E-state index in [1.807, 2.05) is 0 Å². The van der Waals surface area contributed by atoms with Gasteiger partial charge in [-0.2, -0.15) is 0 Å². The Labute approximate surface area is 154 Å². The molecule has 4 atom stereocenters. The molecule has 3 heteroatoms. The Kier molecular flexibility index (Phi) is 3.13. The molecule has 0 aromatic heterocycles. The van der Waals surface area contributed by atoms with Crippen molar-refractivity contribution in [1.82, 2.24) is 4.90 Å². The van der Waals surface area contributed by atoms with Crippen LogP contribution < -0.4 is 4.74 Å². The molecular formula is C23H25NO2. The van der Waals surface area contributed by atoms with Gasteiger partial charge in [-0.15, -0.1) is 0 Å². The van der Waals surface area contributed by atoms with Gasteiger partial charge in [-0.05, 0) is 30.4 Å². The number of fused-ring (bicyclic) bond motifs is 1. The fourth-order valence-electron chi connectivity index (χ4n) is 6.31. The van der Waals surface area contributed by atoms with Gasteiger partial charge in [0.1, 0.15) is 5.75 Å². The van der Waals surface area contributed by atoms with E-state index in [1.165, 1.54) is 30.4 Å². The maximum atomic E-state index is 6.90. The smallest absolute Gasteiger partial charge is 0.169 e. The van der Waals surface area contributed by atoms with Crippen molar-refractivity contribution in [3.63, 3.8) is 0 Å². The molecule has 1 aliphatic carbocycles. The summed E-state index contributed by atoms with van der Waals surface area (Å²) >= 11 is 0. The molecule has 4 aliphatic rings. The van der Waals surface area contributed by atoms with Crippen LogP contribution in [0.2, 0.25) is 0 Å². The summed E-state index contributed by atoms with van der Waals surface area (Å²) in [5.74, 6) is 2.06. The number of nitrogens with zero attached hydrogens (tertiary/aromatic N) is 1. The lowest BCUT2D eigenvalue weighted by Crippen LogP contribution is -2.71. The van der Waals surface area contributed by atoms with Gasteiger partial charge in [0, 0.05) is 30.9 Å². The first-order valence-corrected chi connectivity index (χ1v) is 10.1. The first-order chi connectivity index (χ1) is 12.8. The van der Waals surface area contributed by atoms with E-state index in [1.54, 1.807) is 0 Å². The topological polar surface area (TPSA) is 21.7 Å². The largest absolute Gasteiger partial charge is 0.472 e. The Bertz CT molecular complexity index is 837. The maximum Gasteiger partial charge on any atom is 0.169 e. The summed E-state index contributed by atoms with van der Waals surface area (Å²) in [5.41, 5.74) is 2.15. The van der Waals surface area contributed by atoms with Crippen LogP contribution in [0, 0.1) is 5.92 Å². The molecule has 1 spiro atoms. The van der Waals surface area contributed by atoms with Crippen LogP contribution in [0.1, 0.15) is 49.1 Å². The average Bonchev–Trinajstić information content (AvgIpc) is 3.15. The number of hydrogen-bond donors (Lipinski definition) is 0. The quantitative estimate of drug-likeness (QED) is 0.750. The molecule has 2 bridgehead atoms. The summed E-state index contributed by atoms with van der Waals surface area (Å²) in [7, 11) is 0. The van der Waals surface area contributed by atoms with Gasteiger partial charge in [0.05, 0.1) is 6.61 Å². The summed E-state index contributed by atoms with van der Waals surface area (Å²) in [6.07, 6.45) is 5.94. The highest BCUT2D eigenvalue weighted by Crippen LogP contribution is 2.64. The fourth-order valence-corrected chi connectivity index (χ4v) is 6.31. The molecule has 134 valence electrons. The van der Waals surface area contributed by atoms with E-state index in [-0.39, 0.29) is 11.4 Å². The van der Waals surface area contributed by atoms with Gasteiger partial charge in [-0.25, -0.2) is 4.90 Å². The molecule has 0 radical (unpaired) electrons. The predicted molar refractivity (Wildman–Crippen MR) is 99.9 cm³/mol. The normalized spacial score (nSPS) is 38.0. The molecule has 6 rings (SSSR count). The summed E-state index contributed by atoms with van der Waals surface area (Å²) < 4.78 is 13.5. The van der Waals surface area contributed by atoms with Crippen molar-refractivity contribution in [2.45, 2.75) is 49.5 Å². The van der Waals surface area contributed by atoms with E-state index in [2.05, 4.69) is 59.5 Å². The predicted octanol–water partition coefficient (Wildman–Crippen LogP) is 4.64. The van der Waals surface area contributed by atoms with E-state index in [4.69, 9.17) is 9.47 Å². The van der Waals surface area contributed by atoms with Crippen molar-refractivity contribution in [2.75, 3.05) is 13.2 Å². The van der Waals surface area contributed by atoms with Crippen LogP contribution in [0.15, 0.2) is 54.6 Å². The summed E-state index contributed by atoms with van der Waals surface area (Å²) in [6.45, 7) is 1.78. The Hall–Kier alpha value is -1.84. The Morgan fingerprint density at radius 2 is 1.81 bits per heavy atom. The van der Waals surface area contributed by atoms with Gasteiger partial charge in [0.15, 0.2) is 11.4 Å². The van der Waals surface area contributed by atoms with E-state index in [9.17, 15) is 0 Å². The molecule has 3 nitrogen and oxygen atoms in total. The van der Waals surface area contributed by atoms with Gasteiger partial charge in [0.25, 0.3) is 0 Å². The van der Waals surface area contributed by atoms with E-state index in [0.717, 1.165) is 31.7 Å². The van der Waals surface area contributed by atoms with Gasteiger partial charge >= 0.3 is 0 Å². The molecule has 3 aliphatic heterocycles. The summed E-state index contributed by atoms with van der Waals surface area (Å²) in [6, 6.07) is 19.7. The Balaban J connectivity index is 1.59. The minimum atomic E-state index is -0.316. The van der Waals surface area contributed by atoms with Gasteiger partial charge in [-0.3, -0.25) is 0 Å². The van der Waals surface area contributed by atoms with Crippen molar-refractivity contribution >= 4 is 0 Å². The maximum absolute atomic E-state index is 6.90. The van der Waals surface area contributed by atoms with Crippen molar-refractivity contribution < 1.29 is 9.47 Å². The molecule has 3 fully saturated rings. The third-order valence-electron chi connectivity index (χ3n) is 7.23. The summed E-state index contributed by atoms with van der Waals surface area (Å²) in [5, 5.41) is 0. The molecule has 1 saturated carbocycles. The van der Waals surface area contributed by atoms with E-state index in [0.29, 0.717) is 11.8 Å². The molecule has 2 saturated heterocycles. The van der Waals surface area contributed by atoms with Crippen LogP contribution >= 0.6 is 0 Å². The molecule has 2 aromatic rings.